The normalized spacial score (nSPS) is 23.5. The molecule has 0 radical (unpaired) electrons. The van der Waals surface area contributed by atoms with Gasteiger partial charge in [0.05, 0.1) is 5.92 Å². The minimum atomic E-state index is -0.547. The lowest BCUT2D eigenvalue weighted by atomic mass is 9.88. The Bertz CT molecular complexity index is 665. The van der Waals surface area contributed by atoms with Gasteiger partial charge in [0.15, 0.2) is 0 Å². The second-order valence-electron chi connectivity index (χ2n) is 8.95. The molecule has 28 heavy (non-hydrogen) atoms. The van der Waals surface area contributed by atoms with E-state index < -0.39 is 5.60 Å². The van der Waals surface area contributed by atoms with Crippen molar-refractivity contribution in [3.63, 3.8) is 0 Å². The third-order valence-corrected chi connectivity index (χ3v) is 5.56. The summed E-state index contributed by atoms with van der Waals surface area (Å²) in [4.78, 5) is 27.3. The zero-order valence-corrected chi connectivity index (χ0v) is 17.2. The van der Waals surface area contributed by atoms with Gasteiger partial charge in [-0.25, -0.2) is 4.79 Å². The molecule has 0 bridgehead atoms. The van der Waals surface area contributed by atoms with Crippen LogP contribution in [-0.4, -0.2) is 55.2 Å². The van der Waals surface area contributed by atoms with Crippen LogP contribution < -0.4 is 10.6 Å². The predicted molar refractivity (Wildman–Crippen MR) is 109 cm³/mol. The number of amides is 2. The van der Waals surface area contributed by atoms with Crippen LogP contribution in [0.15, 0.2) is 30.3 Å². The Balaban J connectivity index is 1.68. The molecule has 2 N–H and O–H groups in total. The molecule has 6 nitrogen and oxygen atoms in total. The van der Waals surface area contributed by atoms with Gasteiger partial charge >= 0.3 is 6.09 Å². The van der Waals surface area contributed by atoms with Crippen LogP contribution in [0.3, 0.4) is 0 Å². The summed E-state index contributed by atoms with van der Waals surface area (Å²) in [5.41, 5.74) is 0.546. The van der Waals surface area contributed by atoms with Gasteiger partial charge < -0.3 is 20.3 Å². The van der Waals surface area contributed by atoms with Crippen molar-refractivity contribution < 1.29 is 14.3 Å². The fraction of sp³-hybridized carbons (Fsp3) is 0.636. The van der Waals surface area contributed by atoms with Gasteiger partial charge in [-0.1, -0.05) is 30.3 Å². The van der Waals surface area contributed by atoms with Crippen molar-refractivity contribution in [2.75, 3.05) is 32.7 Å². The van der Waals surface area contributed by atoms with E-state index in [9.17, 15) is 9.59 Å². The summed E-state index contributed by atoms with van der Waals surface area (Å²) in [6.07, 6.45) is 1.84. The minimum Gasteiger partial charge on any atom is -0.444 e. The second kappa shape index (κ2) is 8.95. The third kappa shape index (κ3) is 5.47. The van der Waals surface area contributed by atoms with E-state index in [0.29, 0.717) is 25.6 Å². The molecule has 2 fully saturated rings. The van der Waals surface area contributed by atoms with Gasteiger partial charge in [0.1, 0.15) is 5.60 Å². The molecule has 0 aromatic heterocycles. The first-order valence-corrected chi connectivity index (χ1v) is 10.3. The highest BCUT2D eigenvalue weighted by molar-refractivity contribution is 5.82. The van der Waals surface area contributed by atoms with Gasteiger partial charge in [-0.15, -0.1) is 0 Å². The Labute approximate surface area is 168 Å². The van der Waals surface area contributed by atoms with Crippen LogP contribution >= 0.6 is 0 Å². The molecule has 2 aliphatic heterocycles. The smallest absolute Gasteiger partial charge is 0.410 e. The van der Waals surface area contributed by atoms with E-state index in [1.165, 1.54) is 0 Å². The first-order chi connectivity index (χ1) is 13.3. The molecule has 0 unspecified atom stereocenters. The number of carbonyl (C=O) groups is 2. The molecule has 2 atom stereocenters. The van der Waals surface area contributed by atoms with E-state index in [-0.39, 0.29) is 23.8 Å². The molecule has 154 valence electrons. The van der Waals surface area contributed by atoms with Crippen molar-refractivity contribution in [2.24, 2.45) is 11.8 Å². The number of likely N-dealkylation sites (tertiary alicyclic amines) is 1. The number of piperidine rings is 1. The Kier molecular flexibility index (Phi) is 6.60. The highest BCUT2D eigenvalue weighted by atomic mass is 16.6. The highest BCUT2D eigenvalue weighted by Crippen LogP contribution is 2.33. The summed E-state index contributed by atoms with van der Waals surface area (Å²) in [5, 5.41) is 6.51. The number of rotatable bonds is 4. The molecule has 2 aliphatic rings. The zero-order chi connectivity index (χ0) is 20.1. The Hall–Kier alpha value is -2.08. The average Bonchev–Trinajstić information content (AvgIpc) is 3.12. The maximum Gasteiger partial charge on any atom is 0.410 e. The van der Waals surface area contributed by atoms with Crippen LogP contribution in [0.4, 0.5) is 4.79 Å². The molecule has 1 aromatic rings. The summed E-state index contributed by atoms with van der Waals surface area (Å²) in [6, 6.07) is 10.0. The Morgan fingerprint density at radius 2 is 1.82 bits per heavy atom. The van der Waals surface area contributed by atoms with Crippen LogP contribution in [-0.2, 0) is 9.53 Å². The summed E-state index contributed by atoms with van der Waals surface area (Å²) >= 11 is 0. The fourth-order valence-corrected chi connectivity index (χ4v) is 4.04. The lowest BCUT2D eigenvalue weighted by Gasteiger charge is -2.25. The summed E-state index contributed by atoms with van der Waals surface area (Å²) in [6.45, 7) is 9.23. The van der Waals surface area contributed by atoms with Crippen molar-refractivity contribution in [2.45, 2.75) is 45.1 Å². The summed E-state index contributed by atoms with van der Waals surface area (Å²) in [7, 11) is 0. The number of carbonyl (C=O) groups excluding carboxylic acids is 2. The first kappa shape index (κ1) is 20.6. The zero-order valence-electron chi connectivity index (χ0n) is 17.2. The molecule has 6 heteroatoms. The van der Waals surface area contributed by atoms with Crippen LogP contribution in [0.2, 0.25) is 0 Å². The second-order valence-corrected chi connectivity index (χ2v) is 8.95. The number of ether oxygens (including phenoxy) is 1. The third-order valence-electron chi connectivity index (χ3n) is 5.56. The molecule has 2 saturated heterocycles. The maximum absolute atomic E-state index is 13.0. The van der Waals surface area contributed by atoms with Crippen molar-refractivity contribution in [3.8, 4) is 0 Å². The molecular formula is C22H33N3O3. The van der Waals surface area contributed by atoms with Gasteiger partial charge in [0, 0.05) is 25.6 Å². The number of nitrogens with zero attached hydrogens (tertiary/aromatic N) is 1. The highest BCUT2D eigenvalue weighted by Gasteiger charge is 2.41. The van der Waals surface area contributed by atoms with Crippen molar-refractivity contribution in [1.29, 1.82) is 0 Å². The number of benzene rings is 1. The molecular weight excluding hydrogens is 354 g/mol. The summed E-state index contributed by atoms with van der Waals surface area (Å²) < 4.78 is 5.54. The lowest BCUT2D eigenvalue weighted by Crippen LogP contribution is -2.40. The Morgan fingerprint density at radius 1 is 1.14 bits per heavy atom. The lowest BCUT2D eigenvalue weighted by molar-refractivity contribution is -0.125. The van der Waals surface area contributed by atoms with Crippen LogP contribution in [0, 0.1) is 11.8 Å². The van der Waals surface area contributed by atoms with E-state index in [0.717, 1.165) is 31.5 Å². The number of hydrogen-bond acceptors (Lipinski definition) is 4. The molecule has 2 heterocycles. The molecule has 0 saturated carbocycles. The number of hydrogen-bond donors (Lipinski definition) is 2. The quantitative estimate of drug-likeness (QED) is 0.833. The molecule has 2 amide bonds. The summed E-state index contributed by atoms with van der Waals surface area (Å²) in [5.74, 6) is 0.306. The van der Waals surface area contributed by atoms with Crippen LogP contribution in [0.5, 0.6) is 0 Å². The average molecular weight is 388 g/mol. The molecule has 0 spiro atoms. The molecule has 1 aromatic carbocycles. The van der Waals surface area contributed by atoms with E-state index in [1.54, 1.807) is 4.90 Å². The topological polar surface area (TPSA) is 70.7 Å². The van der Waals surface area contributed by atoms with E-state index >= 15 is 0 Å². The monoisotopic (exact) mass is 387 g/mol. The van der Waals surface area contributed by atoms with Gasteiger partial charge in [0.2, 0.25) is 5.91 Å². The molecule has 3 rings (SSSR count). The standard InChI is InChI=1S/C22H33N3O3/c1-22(2,3)28-21(27)25-14-18(17-7-5-4-6-8-17)19(15-25)20(26)24-13-16-9-11-23-12-10-16/h4-8,16,18-19,23H,9-15H2,1-3H3,(H,24,26)/t18-,19+/m1/s1. The van der Waals surface area contributed by atoms with Gasteiger partial charge in [-0.3, -0.25) is 4.79 Å². The van der Waals surface area contributed by atoms with Gasteiger partial charge in [-0.05, 0) is 58.2 Å². The minimum absolute atomic E-state index is 0.0123. The van der Waals surface area contributed by atoms with Crippen molar-refractivity contribution in [3.05, 3.63) is 35.9 Å². The maximum atomic E-state index is 13.0. The van der Waals surface area contributed by atoms with Gasteiger partial charge in [0.25, 0.3) is 0 Å². The van der Waals surface area contributed by atoms with Gasteiger partial charge in [-0.2, -0.15) is 0 Å². The largest absolute Gasteiger partial charge is 0.444 e. The van der Waals surface area contributed by atoms with Crippen molar-refractivity contribution >= 4 is 12.0 Å². The van der Waals surface area contributed by atoms with E-state index in [4.69, 9.17) is 4.74 Å². The van der Waals surface area contributed by atoms with E-state index in [1.807, 2.05) is 51.1 Å². The Morgan fingerprint density at radius 3 is 2.46 bits per heavy atom. The van der Waals surface area contributed by atoms with Crippen LogP contribution in [0.1, 0.15) is 45.1 Å². The molecule has 0 aliphatic carbocycles. The first-order valence-electron chi connectivity index (χ1n) is 10.3. The van der Waals surface area contributed by atoms with Crippen LogP contribution in [0.25, 0.3) is 0 Å². The predicted octanol–water partition coefficient (Wildman–Crippen LogP) is 2.75. The fourth-order valence-electron chi connectivity index (χ4n) is 4.04. The van der Waals surface area contributed by atoms with Crippen molar-refractivity contribution in [1.82, 2.24) is 15.5 Å². The SMILES string of the molecule is CC(C)(C)OC(=O)N1C[C@H](C(=O)NCC2CCNCC2)[C@@H](c2ccccc2)C1. The van der Waals surface area contributed by atoms with E-state index in [2.05, 4.69) is 10.6 Å². The number of nitrogens with one attached hydrogen (secondary N) is 2.